The molecule has 0 atom stereocenters. The summed E-state index contributed by atoms with van der Waals surface area (Å²) in [5.74, 6) is 1.08. The molecular formula is C12H12BrNO. The Hall–Kier alpha value is -0.800. The highest BCUT2D eigenvalue weighted by molar-refractivity contribution is 9.10. The minimum Gasteiger partial charge on any atom is -0.492 e. The van der Waals surface area contributed by atoms with E-state index >= 15 is 0 Å². The number of rotatable bonds is 1. The molecular weight excluding hydrogens is 254 g/mol. The Labute approximate surface area is 97.5 Å². The minimum absolute atomic E-state index is 0.820. The van der Waals surface area contributed by atoms with Gasteiger partial charge < -0.3 is 10.1 Å². The van der Waals surface area contributed by atoms with Crippen molar-refractivity contribution in [2.75, 3.05) is 19.7 Å². The SMILES string of the molecule is Brc1cc(C=C2CNC2)c2c(c1)CCO2. The zero-order valence-electron chi connectivity index (χ0n) is 8.35. The van der Waals surface area contributed by atoms with E-state index in [0.717, 1.165) is 36.3 Å². The van der Waals surface area contributed by atoms with Gasteiger partial charge in [0.2, 0.25) is 0 Å². The molecule has 0 bridgehead atoms. The van der Waals surface area contributed by atoms with Crippen molar-refractivity contribution in [3.63, 3.8) is 0 Å². The molecule has 1 saturated heterocycles. The molecule has 2 heterocycles. The summed E-state index contributed by atoms with van der Waals surface area (Å²) >= 11 is 3.55. The molecule has 0 spiro atoms. The zero-order valence-corrected chi connectivity index (χ0v) is 9.93. The first kappa shape index (κ1) is 9.43. The number of ether oxygens (including phenoxy) is 1. The third kappa shape index (κ3) is 1.70. The summed E-state index contributed by atoms with van der Waals surface area (Å²) < 4.78 is 6.81. The second-order valence-corrected chi connectivity index (χ2v) is 4.90. The van der Waals surface area contributed by atoms with E-state index in [1.165, 1.54) is 16.7 Å². The molecule has 2 aliphatic heterocycles. The van der Waals surface area contributed by atoms with E-state index in [1.54, 1.807) is 0 Å². The Morgan fingerprint density at radius 2 is 2.20 bits per heavy atom. The summed E-state index contributed by atoms with van der Waals surface area (Å²) in [6, 6.07) is 4.29. The van der Waals surface area contributed by atoms with E-state index in [4.69, 9.17) is 4.74 Å². The van der Waals surface area contributed by atoms with Gasteiger partial charge in [-0.15, -0.1) is 0 Å². The predicted octanol–water partition coefficient (Wildman–Crippen LogP) is 2.37. The standard InChI is InChI=1S/C12H12BrNO/c13-11-4-9-1-2-15-12(9)10(5-11)3-8-6-14-7-8/h3-5,14H,1-2,6-7H2. The molecule has 2 nitrogen and oxygen atoms in total. The molecule has 2 aliphatic rings. The molecule has 0 aromatic heterocycles. The lowest BCUT2D eigenvalue weighted by Crippen LogP contribution is -2.33. The van der Waals surface area contributed by atoms with Crippen molar-refractivity contribution in [1.82, 2.24) is 5.32 Å². The van der Waals surface area contributed by atoms with Crippen LogP contribution in [0.25, 0.3) is 6.08 Å². The number of halogens is 1. The van der Waals surface area contributed by atoms with Crippen molar-refractivity contribution in [2.24, 2.45) is 0 Å². The van der Waals surface area contributed by atoms with Crippen LogP contribution in [0.5, 0.6) is 5.75 Å². The molecule has 0 aliphatic carbocycles. The van der Waals surface area contributed by atoms with Crippen molar-refractivity contribution in [3.05, 3.63) is 33.3 Å². The van der Waals surface area contributed by atoms with Crippen LogP contribution in [-0.2, 0) is 6.42 Å². The molecule has 78 valence electrons. The molecule has 3 rings (SSSR count). The molecule has 0 amide bonds. The van der Waals surface area contributed by atoms with Crippen molar-refractivity contribution in [3.8, 4) is 5.75 Å². The first-order valence-electron chi connectivity index (χ1n) is 5.18. The van der Waals surface area contributed by atoms with Crippen LogP contribution >= 0.6 is 15.9 Å². The van der Waals surface area contributed by atoms with Crippen molar-refractivity contribution >= 4 is 22.0 Å². The van der Waals surface area contributed by atoms with Gasteiger partial charge in [-0.25, -0.2) is 0 Å². The molecule has 1 fully saturated rings. The largest absolute Gasteiger partial charge is 0.492 e. The summed E-state index contributed by atoms with van der Waals surface area (Å²) in [6.07, 6.45) is 3.27. The van der Waals surface area contributed by atoms with Crippen LogP contribution in [0.2, 0.25) is 0 Å². The number of hydrogen-bond acceptors (Lipinski definition) is 2. The smallest absolute Gasteiger partial charge is 0.129 e. The summed E-state index contributed by atoms with van der Waals surface area (Å²) in [7, 11) is 0. The van der Waals surface area contributed by atoms with Crippen molar-refractivity contribution < 1.29 is 4.74 Å². The van der Waals surface area contributed by atoms with Crippen LogP contribution in [-0.4, -0.2) is 19.7 Å². The first-order chi connectivity index (χ1) is 7.33. The molecule has 1 N–H and O–H groups in total. The van der Waals surface area contributed by atoms with Crippen LogP contribution < -0.4 is 10.1 Å². The van der Waals surface area contributed by atoms with E-state index in [2.05, 4.69) is 39.5 Å². The van der Waals surface area contributed by atoms with Gasteiger partial charge in [0, 0.05) is 29.5 Å². The Morgan fingerprint density at radius 1 is 1.33 bits per heavy atom. The van der Waals surface area contributed by atoms with Gasteiger partial charge in [-0.2, -0.15) is 0 Å². The van der Waals surface area contributed by atoms with Gasteiger partial charge in [0.1, 0.15) is 5.75 Å². The van der Waals surface area contributed by atoms with E-state index < -0.39 is 0 Å². The fourth-order valence-electron chi connectivity index (χ4n) is 2.00. The highest BCUT2D eigenvalue weighted by Crippen LogP contribution is 2.34. The monoisotopic (exact) mass is 265 g/mol. The van der Waals surface area contributed by atoms with Crippen LogP contribution in [0.15, 0.2) is 22.2 Å². The summed E-state index contributed by atoms with van der Waals surface area (Å²) in [4.78, 5) is 0. The third-order valence-corrected chi connectivity index (χ3v) is 3.30. The fourth-order valence-corrected chi connectivity index (χ4v) is 2.52. The highest BCUT2D eigenvalue weighted by Gasteiger charge is 2.17. The van der Waals surface area contributed by atoms with Crippen LogP contribution in [0.1, 0.15) is 11.1 Å². The average Bonchev–Trinajstić information content (AvgIpc) is 2.58. The van der Waals surface area contributed by atoms with Gasteiger partial charge in [-0.3, -0.25) is 0 Å². The van der Waals surface area contributed by atoms with E-state index in [0.29, 0.717) is 0 Å². The van der Waals surface area contributed by atoms with Gasteiger partial charge in [0.05, 0.1) is 6.61 Å². The Bertz CT molecular complexity index is 433. The quantitative estimate of drug-likeness (QED) is 0.842. The Balaban J connectivity index is 2.06. The van der Waals surface area contributed by atoms with Gasteiger partial charge in [-0.1, -0.05) is 15.9 Å². The number of nitrogens with one attached hydrogen (secondary N) is 1. The van der Waals surface area contributed by atoms with Gasteiger partial charge in [0.25, 0.3) is 0 Å². The topological polar surface area (TPSA) is 21.3 Å². The lowest BCUT2D eigenvalue weighted by Gasteiger charge is -2.19. The van der Waals surface area contributed by atoms with Gasteiger partial charge >= 0.3 is 0 Å². The molecule has 15 heavy (non-hydrogen) atoms. The molecule has 1 aromatic carbocycles. The predicted molar refractivity (Wildman–Crippen MR) is 64.2 cm³/mol. The maximum atomic E-state index is 5.67. The van der Waals surface area contributed by atoms with E-state index in [-0.39, 0.29) is 0 Å². The Kier molecular flexibility index (Phi) is 2.29. The maximum Gasteiger partial charge on any atom is 0.129 e. The molecule has 3 heteroatoms. The molecule has 0 unspecified atom stereocenters. The minimum atomic E-state index is 0.820. The fraction of sp³-hybridized carbons (Fsp3) is 0.333. The second-order valence-electron chi connectivity index (χ2n) is 3.99. The normalized spacial score (nSPS) is 18.1. The van der Waals surface area contributed by atoms with Gasteiger partial charge in [0.15, 0.2) is 0 Å². The molecule has 0 radical (unpaired) electrons. The van der Waals surface area contributed by atoms with Gasteiger partial charge in [-0.05, 0) is 29.3 Å². The lowest BCUT2D eigenvalue weighted by molar-refractivity contribution is 0.356. The van der Waals surface area contributed by atoms with Crippen LogP contribution in [0.4, 0.5) is 0 Å². The summed E-state index contributed by atoms with van der Waals surface area (Å²) in [5.41, 5.74) is 3.99. The highest BCUT2D eigenvalue weighted by atomic mass is 79.9. The number of hydrogen-bond donors (Lipinski definition) is 1. The third-order valence-electron chi connectivity index (χ3n) is 2.84. The van der Waals surface area contributed by atoms with Crippen LogP contribution in [0.3, 0.4) is 0 Å². The van der Waals surface area contributed by atoms with Crippen molar-refractivity contribution in [1.29, 1.82) is 0 Å². The summed E-state index contributed by atoms with van der Waals surface area (Å²) in [6.45, 7) is 2.85. The lowest BCUT2D eigenvalue weighted by atomic mass is 10.0. The van der Waals surface area contributed by atoms with Crippen LogP contribution in [0, 0.1) is 0 Å². The first-order valence-corrected chi connectivity index (χ1v) is 5.97. The zero-order chi connectivity index (χ0) is 10.3. The average molecular weight is 266 g/mol. The van der Waals surface area contributed by atoms with Crippen molar-refractivity contribution in [2.45, 2.75) is 6.42 Å². The summed E-state index contributed by atoms with van der Waals surface area (Å²) in [5, 5.41) is 3.24. The second kappa shape index (κ2) is 3.65. The Morgan fingerprint density at radius 3 is 2.93 bits per heavy atom. The maximum absolute atomic E-state index is 5.67. The molecule has 1 aromatic rings. The number of fused-ring (bicyclic) bond motifs is 1. The number of benzene rings is 1. The van der Waals surface area contributed by atoms with E-state index in [1.807, 2.05) is 0 Å². The molecule has 0 saturated carbocycles. The van der Waals surface area contributed by atoms with E-state index in [9.17, 15) is 0 Å².